The molecule has 0 saturated carbocycles. The lowest BCUT2D eigenvalue weighted by Crippen LogP contribution is -2.51. The summed E-state index contributed by atoms with van der Waals surface area (Å²) in [5.74, 6) is -4.31. The predicted molar refractivity (Wildman–Crippen MR) is 89.2 cm³/mol. The SMILES string of the molecule is Cn1nccc1N1CCCC(NC(=O)N2C[C@@H](C(F)(F)F)[C@H](C(=O)O)C2)C1. The van der Waals surface area contributed by atoms with E-state index < -0.39 is 43.1 Å². The van der Waals surface area contributed by atoms with Gasteiger partial charge in [0.2, 0.25) is 0 Å². The second-order valence-electron chi connectivity index (χ2n) is 7.05. The topological polar surface area (TPSA) is 90.7 Å². The molecule has 150 valence electrons. The third-order valence-corrected chi connectivity index (χ3v) is 5.21. The Hall–Kier alpha value is -2.46. The number of piperidine rings is 1. The van der Waals surface area contributed by atoms with Crippen LogP contribution in [0.1, 0.15) is 12.8 Å². The van der Waals surface area contributed by atoms with Gasteiger partial charge in [-0.1, -0.05) is 0 Å². The fourth-order valence-corrected chi connectivity index (χ4v) is 3.80. The maximum absolute atomic E-state index is 13.1. The minimum absolute atomic E-state index is 0.227. The number of carbonyl (C=O) groups is 2. The Labute approximate surface area is 153 Å². The molecule has 2 amide bonds. The molecule has 1 aromatic heterocycles. The maximum Gasteiger partial charge on any atom is 0.394 e. The predicted octanol–water partition coefficient (Wildman–Crippen LogP) is 1.29. The third kappa shape index (κ3) is 4.11. The van der Waals surface area contributed by atoms with E-state index in [1.165, 1.54) is 0 Å². The molecule has 3 heterocycles. The summed E-state index contributed by atoms with van der Waals surface area (Å²) in [7, 11) is 1.81. The van der Waals surface area contributed by atoms with E-state index in [4.69, 9.17) is 5.11 Å². The van der Waals surface area contributed by atoms with Gasteiger partial charge in [0.15, 0.2) is 0 Å². The maximum atomic E-state index is 13.1. The van der Waals surface area contributed by atoms with Crippen molar-refractivity contribution in [2.24, 2.45) is 18.9 Å². The highest BCUT2D eigenvalue weighted by Gasteiger charge is 2.53. The van der Waals surface area contributed by atoms with E-state index in [2.05, 4.69) is 15.3 Å². The molecule has 8 nitrogen and oxygen atoms in total. The molecule has 27 heavy (non-hydrogen) atoms. The van der Waals surface area contributed by atoms with Crippen LogP contribution in [0.3, 0.4) is 0 Å². The largest absolute Gasteiger partial charge is 0.481 e. The molecule has 3 atom stereocenters. The molecular weight excluding hydrogens is 367 g/mol. The molecule has 11 heteroatoms. The van der Waals surface area contributed by atoms with E-state index >= 15 is 0 Å². The van der Waals surface area contributed by atoms with Gasteiger partial charge in [-0.15, -0.1) is 0 Å². The van der Waals surface area contributed by atoms with Crippen LogP contribution >= 0.6 is 0 Å². The number of aromatic nitrogens is 2. The fourth-order valence-electron chi connectivity index (χ4n) is 3.80. The van der Waals surface area contributed by atoms with Crippen LogP contribution in [-0.4, -0.2) is 70.2 Å². The second kappa shape index (κ2) is 7.28. The smallest absolute Gasteiger partial charge is 0.394 e. The Morgan fingerprint density at radius 2 is 2.04 bits per heavy atom. The molecule has 0 spiro atoms. The van der Waals surface area contributed by atoms with Crippen LogP contribution in [0.25, 0.3) is 0 Å². The molecule has 2 aliphatic heterocycles. The van der Waals surface area contributed by atoms with Crippen molar-refractivity contribution in [2.45, 2.75) is 25.1 Å². The number of hydrogen-bond donors (Lipinski definition) is 2. The monoisotopic (exact) mass is 389 g/mol. The van der Waals surface area contributed by atoms with Gasteiger partial charge in [-0.25, -0.2) is 4.79 Å². The first-order chi connectivity index (χ1) is 12.7. The summed E-state index contributed by atoms with van der Waals surface area (Å²) in [5.41, 5.74) is 0. The van der Waals surface area contributed by atoms with Crippen LogP contribution < -0.4 is 10.2 Å². The van der Waals surface area contributed by atoms with Crippen LogP contribution in [0.15, 0.2) is 12.3 Å². The Kier molecular flexibility index (Phi) is 5.20. The normalized spacial score (nSPS) is 26.3. The lowest BCUT2D eigenvalue weighted by atomic mass is 9.96. The molecule has 3 rings (SSSR count). The van der Waals surface area contributed by atoms with Crippen molar-refractivity contribution in [3.8, 4) is 0 Å². The second-order valence-corrected chi connectivity index (χ2v) is 7.05. The number of amides is 2. The third-order valence-electron chi connectivity index (χ3n) is 5.21. The van der Waals surface area contributed by atoms with Crippen LogP contribution in [0, 0.1) is 11.8 Å². The molecule has 1 aromatic rings. The Bertz CT molecular complexity index is 708. The fraction of sp³-hybridized carbons (Fsp3) is 0.688. The van der Waals surface area contributed by atoms with Gasteiger partial charge in [-0.3, -0.25) is 9.48 Å². The molecule has 0 aromatic carbocycles. The van der Waals surface area contributed by atoms with Gasteiger partial charge in [0.1, 0.15) is 5.82 Å². The van der Waals surface area contributed by atoms with Gasteiger partial charge < -0.3 is 20.2 Å². The Morgan fingerprint density at radius 1 is 1.30 bits per heavy atom. The first kappa shape index (κ1) is 19.3. The number of alkyl halides is 3. The van der Waals surface area contributed by atoms with E-state index in [0.29, 0.717) is 13.0 Å². The molecular formula is C16H22F3N5O3. The highest BCUT2D eigenvalue weighted by Crippen LogP contribution is 2.37. The van der Waals surface area contributed by atoms with Crippen molar-refractivity contribution in [2.75, 3.05) is 31.1 Å². The number of urea groups is 1. The zero-order valence-electron chi connectivity index (χ0n) is 14.8. The number of carboxylic acids is 1. The summed E-state index contributed by atoms with van der Waals surface area (Å²) < 4.78 is 40.9. The van der Waals surface area contributed by atoms with E-state index in [1.807, 2.05) is 13.1 Å². The average Bonchev–Trinajstić information content (AvgIpc) is 3.21. The number of halogens is 3. The minimum atomic E-state index is -4.65. The number of nitrogens with zero attached hydrogens (tertiary/aromatic N) is 4. The molecule has 0 aliphatic carbocycles. The summed E-state index contributed by atoms with van der Waals surface area (Å²) in [6.45, 7) is 0.241. The molecule has 1 unspecified atom stereocenters. The number of hydrogen-bond acceptors (Lipinski definition) is 4. The highest BCUT2D eigenvalue weighted by atomic mass is 19.4. The van der Waals surface area contributed by atoms with Gasteiger partial charge in [-0.05, 0) is 12.8 Å². The van der Waals surface area contributed by atoms with Crippen molar-refractivity contribution in [3.05, 3.63) is 12.3 Å². The molecule has 2 aliphatic rings. The molecule has 0 radical (unpaired) electrons. The van der Waals surface area contributed by atoms with E-state index in [-0.39, 0.29) is 6.04 Å². The summed E-state index contributed by atoms with van der Waals surface area (Å²) in [6.07, 6.45) is -1.46. The Balaban J connectivity index is 1.62. The highest BCUT2D eigenvalue weighted by molar-refractivity contribution is 5.78. The summed E-state index contributed by atoms with van der Waals surface area (Å²) >= 11 is 0. The van der Waals surface area contributed by atoms with Crippen molar-refractivity contribution < 1.29 is 27.9 Å². The van der Waals surface area contributed by atoms with Crippen molar-refractivity contribution in [1.29, 1.82) is 0 Å². The van der Waals surface area contributed by atoms with Gasteiger partial charge in [0.25, 0.3) is 0 Å². The van der Waals surface area contributed by atoms with Gasteiger partial charge in [0.05, 0.1) is 18.0 Å². The number of carboxylic acid groups (broad SMARTS) is 1. The molecule has 2 fully saturated rings. The number of aliphatic carboxylic acids is 1. The minimum Gasteiger partial charge on any atom is -0.481 e. The van der Waals surface area contributed by atoms with Crippen molar-refractivity contribution in [3.63, 3.8) is 0 Å². The first-order valence-electron chi connectivity index (χ1n) is 8.74. The van der Waals surface area contributed by atoms with Gasteiger partial charge >= 0.3 is 18.2 Å². The first-order valence-corrected chi connectivity index (χ1v) is 8.74. The number of anilines is 1. The number of nitrogens with one attached hydrogen (secondary N) is 1. The van der Waals surface area contributed by atoms with Crippen molar-refractivity contribution >= 4 is 17.8 Å². The standard InChI is InChI=1S/C16H22F3N5O3/c1-22-13(4-5-20-22)23-6-2-3-10(7-23)21-15(27)24-8-11(14(25)26)12(9-24)16(17,18)19/h4-5,10-12H,2-3,6-9H2,1H3,(H,21,27)(H,25,26)/t10?,11-,12-/m1/s1. The molecule has 0 bridgehead atoms. The van der Waals surface area contributed by atoms with Gasteiger partial charge in [0, 0.05) is 45.3 Å². The number of rotatable bonds is 3. The number of likely N-dealkylation sites (tertiary alicyclic amines) is 1. The lowest BCUT2D eigenvalue weighted by Gasteiger charge is -2.35. The van der Waals surface area contributed by atoms with E-state index in [0.717, 1.165) is 23.7 Å². The van der Waals surface area contributed by atoms with Crippen molar-refractivity contribution in [1.82, 2.24) is 20.0 Å². The van der Waals surface area contributed by atoms with E-state index in [9.17, 15) is 22.8 Å². The quantitative estimate of drug-likeness (QED) is 0.813. The van der Waals surface area contributed by atoms with E-state index in [1.54, 1.807) is 10.9 Å². The zero-order chi connectivity index (χ0) is 19.8. The van der Waals surface area contributed by atoms with Crippen LogP contribution in [0.2, 0.25) is 0 Å². The number of carbonyl (C=O) groups excluding carboxylic acids is 1. The average molecular weight is 389 g/mol. The summed E-state index contributed by atoms with van der Waals surface area (Å²) in [6, 6.07) is 0.981. The molecule has 2 N–H and O–H groups in total. The lowest BCUT2D eigenvalue weighted by molar-refractivity contribution is -0.187. The summed E-state index contributed by atoms with van der Waals surface area (Å²) in [4.78, 5) is 26.6. The van der Waals surface area contributed by atoms with Crippen LogP contribution in [0.4, 0.5) is 23.8 Å². The zero-order valence-corrected chi connectivity index (χ0v) is 14.8. The molecule has 2 saturated heterocycles. The van der Waals surface area contributed by atoms with Crippen LogP contribution in [0.5, 0.6) is 0 Å². The Morgan fingerprint density at radius 3 is 2.59 bits per heavy atom. The van der Waals surface area contributed by atoms with Crippen LogP contribution in [-0.2, 0) is 11.8 Å². The number of aryl methyl sites for hydroxylation is 1. The summed E-state index contributed by atoms with van der Waals surface area (Å²) in [5, 5.41) is 15.9. The van der Waals surface area contributed by atoms with Gasteiger partial charge in [-0.2, -0.15) is 18.3 Å².